The van der Waals surface area contributed by atoms with Crippen LogP contribution in [0.5, 0.6) is 0 Å². The predicted octanol–water partition coefficient (Wildman–Crippen LogP) is 3.21. The third kappa shape index (κ3) is 4.47. The molecule has 1 N–H and O–H groups in total. The number of ketones is 1. The number of pyridine rings is 1. The van der Waals surface area contributed by atoms with Gasteiger partial charge in [0.05, 0.1) is 24.9 Å². The molecule has 0 radical (unpaired) electrons. The first-order valence-corrected chi connectivity index (χ1v) is 9.41. The molecule has 28 heavy (non-hydrogen) atoms. The molecule has 0 bridgehead atoms. The molecule has 0 spiro atoms. The first kappa shape index (κ1) is 21.3. The van der Waals surface area contributed by atoms with Crippen molar-refractivity contribution in [2.45, 2.75) is 53.6 Å². The normalized spacial score (nSPS) is 11.8. The van der Waals surface area contributed by atoms with E-state index in [2.05, 4.69) is 9.97 Å². The largest absolute Gasteiger partial charge is 0.461 e. The van der Waals surface area contributed by atoms with Gasteiger partial charge in [-0.15, -0.1) is 0 Å². The summed E-state index contributed by atoms with van der Waals surface area (Å²) in [7, 11) is 0. The number of carbonyl (C=O) groups is 3. The number of amides is 1. The van der Waals surface area contributed by atoms with Crippen LogP contribution in [0.25, 0.3) is 0 Å². The van der Waals surface area contributed by atoms with Gasteiger partial charge in [-0.1, -0.05) is 13.0 Å². The molecule has 0 unspecified atom stereocenters. The summed E-state index contributed by atoms with van der Waals surface area (Å²) < 4.78 is 5.05. The van der Waals surface area contributed by atoms with Gasteiger partial charge in [-0.2, -0.15) is 0 Å². The van der Waals surface area contributed by atoms with Gasteiger partial charge < -0.3 is 14.6 Å². The number of carbonyl (C=O) groups excluding carboxylic acids is 3. The van der Waals surface area contributed by atoms with E-state index < -0.39 is 12.0 Å². The van der Waals surface area contributed by atoms with Gasteiger partial charge >= 0.3 is 5.97 Å². The highest BCUT2D eigenvalue weighted by Gasteiger charge is 2.31. The van der Waals surface area contributed by atoms with Crippen LogP contribution in [-0.4, -0.2) is 45.2 Å². The number of rotatable bonds is 8. The maximum Gasteiger partial charge on any atom is 0.355 e. The van der Waals surface area contributed by atoms with Crippen LogP contribution < -0.4 is 0 Å². The Morgan fingerprint density at radius 1 is 1.21 bits per heavy atom. The maximum atomic E-state index is 13.2. The standard InChI is InChI=1S/C21H27N3O4/c1-6-17(25)24(12-16-10-8-9-11-22-16)15(5)20(26)18-13(3)19(23-14(18)4)21(27)28-7-2/h8-11,15,23H,6-7,12H2,1-5H3/t15-/m1/s1. The number of H-pyrrole nitrogens is 1. The fourth-order valence-electron chi connectivity index (χ4n) is 3.19. The smallest absolute Gasteiger partial charge is 0.355 e. The van der Waals surface area contributed by atoms with Crippen LogP contribution in [0.1, 0.15) is 65.0 Å². The highest BCUT2D eigenvalue weighted by atomic mass is 16.5. The van der Waals surface area contributed by atoms with E-state index in [9.17, 15) is 14.4 Å². The van der Waals surface area contributed by atoms with Gasteiger partial charge in [0.1, 0.15) is 5.69 Å². The van der Waals surface area contributed by atoms with Gasteiger partial charge in [-0.05, 0) is 45.4 Å². The summed E-state index contributed by atoms with van der Waals surface area (Å²) in [6, 6.07) is 4.76. The lowest BCUT2D eigenvalue weighted by molar-refractivity contribution is -0.132. The molecule has 1 atom stereocenters. The predicted molar refractivity (Wildman–Crippen MR) is 105 cm³/mol. The summed E-state index contributed by atoms with van der Waals surface area (Å²) in [5.41, 5.74) is 2.52. The van der Waals surface area contributed by atoms with Gasteiger partial charge in [0, 0.05) is 23.9 Å². The molecular weight excluding hydrogens is 358 g/mol. The fraction of sp³-hybridized carbons (Fsp3) is 0.429. The topological polar surface area (TPSA) is 92.4 Å². The van der Waals surface area contributed by atoms with Crippen molar-refractivity contribution >= 4 is 17.7 Å². The molecule has 2 heterocycles. The summed E-state index contributed by atoms with van der Waals surface area (Å²) in [5, 5.41) is 0. The van der Waals surface area contributed by atoms with Crippen LogP contribution in [0.4, 0.5) is 0 Å². The zero-order valence-corrected chi connectivity index (χ0v) is 17.0. The van der Waals surface area contributed by atoms with Crippen LogP contribution in [0, 0.1) is 13.8 Å². The molecule has 7 nitrogen and oxygen atoms in total. The molecule has 2 rings (SSSR count). The van der Waals surface area contributed by atoms with Gasteiger partial charge in [0.2, 0.25) is 5.91 Å². The van der Waals surface area contributed by atoms with Crippen molar-refractivity contribution in [3.63, 3.8) is 0 Å². The van der Waals surface area contributed by atoms with Crippen LogP contribution >= 0.6 is 0 Å². The third-order valence-electron chi connectivity index (χ3n) is 4.69. The lowest BCUT2D eigenvalue weighted by Gasteiger charge is -2.28. The number of aryl methyl sites for hydroxylation is 1. The Hall–Kier alpha value is -2.96. The molecule has 1 amide bonds. The Kier molecular flexibility index (Phi) is 7.09. The third-order valence-corrected chi connectivity index (χ3v) is 4.69. The Morgan fingerprint density at radius 3 is 2.50 bits per heavy atom. The van der Waals surface area contributed by atoms with Crippen LogP contribution in [-0.2, 0) is 16.1 Å². The van der Waals surface area contributed by atoms with Gasteiger partial charge in [-0.3, -0.25) is 14.6 Å². The summed E-state index contributed by atoms with van der Waals surface area (Å²) in [5.74, 6) is -0.854. The number of ether oxygens (including phenoxy) is 1. The molecule has 0 aromatic carbocycles. The first-order valence-electron chi connectivity index (χ1n) is 9.41. The van der Waals surface area contributed by atoms with Crippen LogP contribution in [0.2, 0.25) is 0 Å². The average Bonchev–Trinajstić information content (AvgIpc) is 2.99. The van der Waals surface area contributed by atoms with Crippen molar-refractivity contribution in [2.24, 2.45) is 0 Å². The lowest BCUT2D eigenvalue weighted by atomic mass is 9.99. The fourth-order valence-corrected chi connectivity index (χ4v) is 3.19. The second kappa shape index (κ2) is 9.30. The van der Waals surface area contributed by atoms with E-state index in [1.807, 2.05) is 12.1 Å². The summed E-state index contributed by atoms with van der Waals surface area (Å²) in [6.45, 7) is 9.13. The zero-order valence-electron chi connectivity index (χ0n) is 17.0. The number of nitrogens with one attached hydrogen (secondary N) is 1. The minimum atomic E-state index is -0.697. The monoisotopic (exact) mass is 385 g/mol. The van der Waals surface area contributed by atoms with Crippen LogP contribution in [0.3, 0.4) is 0 Å². The molecule has 0 saturated carbocycles. The van der Waals surface area contributed by atoms with E-state index in [4.69, 9.17) is 4.74 Å². The Labute approximate surface area is 165 Å². The highest BCUT2D eigenvalue weighted by molar-refractivity contribution is 6.06. The quantitative estimate of drug-likeness (QED) is 0.556. The highest BCUT2D eigenvalue weighted by Crippen LogP contribution is 2.23. The van der Waals surface area contributed by atoms with Gasteiger partial charge in [0.15, 0.2) is 5.78 Å². The van der Waals surface area contributed by atoms with Crippen molar-refractivity contribution < 1.29 is 19.1 Å². The molecular formula is C21H27N3O4. The molecule has 150 valence electrons. The molecule has 2 aromatic heterocycles. The number of hydrogen-bond donors (Lipinski definition) is 1. The van der Waals surface area contributed by atoms with Crippen molar-refractivity contribution in [1.29, 1.82) is 0 Å². The van der Waals surface area contributed by atoms with Crippen LogP contribution in [0.15, 0.2) is 24.4 Å². The summed E-state index contributed by atoms with van der Waals surface area (Å²) >= 11 is 0. The maximum absolute atomic E-state index is 13.2. The number of esters is 1. The molecule has 0 saturated heterocycles. The van der Waals surface area contributed by atoms with Crippen molar-refractivity contribution in [3.05, 3.63) is 52.6 Å². The first-order chi connectivity index (χ1) is 13.3. The minimum Gasteiger partial charge on any atom is -0.461 e. The van der Waals surface area contributed by atoms with E-state index in [1.165, 1.54) is 4.90 Å². The number of Topliss-reactive ketones (excluding diaryl/α,β-unsaturated/α-hetero) is 1. The SMILES string of the molecule is CCOC(=O)c1[nH]c(C)c(C(=O)[C@@H](C)N(Cc2ccccn2)C(=O)CC)c1C. The van der Waals surface area contributed by atoms with Crippen molar-refractivity contribution in [3.8, 4) is 0 Å². The van der Waals surface area contributed by atoms with E-state index >= 15 is 0 Å². The minimum absolute atomic E-state index is 0.136. The Bertz CT molecular complexity index is 858. The average molecular weight is 385 g/mol. The van der Waals surface area contributed by atoms with E-state index in [-0.39, 0.29) is 37.0 Å². The molecule has 0 aliphatic rings. The molecule has 2 aromatic rings. The summed E-state index contributed by atoms with van der Waals surface area (Å²) in [4.78, 5) is 46.6. The van der Waals surface area contributed by atoms with Gasteiger partial charge in [-0.25, -0.2) is 4.79 Å². The number of nitrogens with zero attached hydrogens (tertiary/aromatic N) is 2. The second-order valence-corrected chi connectivity index (χ2v) is 6.58. The summed E-state index contributed by atoms with van der Waals surface area (Å²) in [6.07, 6.45) is 1.94. The second-order valence-electron chi connectivity index (χ2n) is 6.58. The van der Waals surface area contributed by atoms with E-state index in [0.717, 1.165) is 0 Å². The Morgan fingerprint density at radius 2 is 1.93 bits per heavy atom. The van der Waals surface area contributed by atoms with E-state index in [0.29, 0.717) is 22.5 Å². The number of hydrogen-bond acceptors (Lipinski definition) is 5. The zero-order chi connectivity index (χ0) is 20.8. The van der Waals surface area contributed by atoms with Gasteiger partial charge in [0.25, 0.3) is 0 Å². The Balaban J connectivity index is 2.35. The van der Waals surface area contributed by atoms with Crippen molar-refractivity contribution in [1.82, 2.24) is 14.9 Å². The molecule has 0 aliphatic carbocycles. The molecule has 0 aliphatic heterocycles. The van der Waals surface area contributed by atoms with Crippen molar-refractivity contribution in [2.75, 3.05) is 6.61 Å². The molecule has 7 heteroatoms. The number of aromatic nitrogens is 2. The molecule has 0 fully saturated rings. The van der Waals surface area contributed by atoms with E-state index in [1.54, 1.807) is 46.9 Å². The number of aromatic amines is 1. The lowest BCUT2D eigenvalue weighted by Crippen LogP contribution is -2.43.